The molecule has 5 nitrogen and oxygen atoms in total. The monoisotopic (exact) mass is 661 g/mol. The molecular weight excluding hydrogens is 614 g/mol. The second-order valence-electron chi connectivity index (χ2n) is 15.8. The lowest BCUT2D eigenvalue weighted by molar-refractivity contribution is -0.172. The van der Waals surface area contributed by atoms with E-state index in [2.05, 4.69) is 68.8 Å². The van der Waals surface area contributed by atoms with E-state index in [4.69, 9.17) is 21.3 Å². The molecule has 0 amide bonds. The lowest BCUT2D eigenvalue weighted by Gasteiger charge is -2.61. The molecule has 250 valence electrons. The van der Waals surface area contributed by atoms with Crippen LogP contribution < -0.4 is 10.1 Å². The Kier molecular flexibility index (Phi) is 9.83. The van der Waals surface area contributed by atoms with Crippen LogP contribution in [0.1, 0.15) is 113 Å². The fourth-order valence-corrected chi connectivity index (χ4v) is 9.39. The molecule has 3 saturated carbocycles. The van der Waals surface area contributed by atoms with Crippen molar-refractivity contribution in [2.45, 2.75) is 98.5 Å². The van der Waals surface area contributed by atoms with Crippen LogP contribution in [-0.4, -0.2) is 30.0 Å². The molecule has 6 heteroatoms. The number of ketones is 1. The van der Waals surface area contributed by atoms with E-state index in [0.29, 0.717) is 45.6 Å². The largest absolute Gasteiger partial charge is 0.489 e. The number of pyridine rings is 1. The number of nitrogens with zero attached hydrogens (tertiary/aromatic N) is 2. The van der Waals surface area contributed by atoms with Gasteiger partial charge in [-0.2, -0.15) is 5.26 Å². The van der Waals surface area contributed by atoms with Gasteiger partial charge in [-0.3, -0.25) is 4.79 Å². The summed E-state index contributed by atoms with van der Waals surface area (Å²) in [7, 11) is 0. The zero-order valence-electron chi connectivity index (χ0n) is 29.1. The van der Waals surface area contributed by atoms with Gasteiger partial charge in [0.15, 0.2) is 0 Å². The summed E-state index contributed by atoms with van der Waals surface area (Å²) in [6.07, 6.45) is 13.1. The van der Waals surface area contributed by atoms with Gasteiger partial charge in [0, 0.05) is 35.3 Å². The summed E-state index contributed by atoms with van der Waals surface area (Å²) in [5, 5.41) is 13.1. The van der Waals surface area contributed by atoms with E-state index in [-0.39, 0.29) is 28.6 Å². The van der Waals surface area contributed by atoms with Crippen LogP contribution in [-0.2, 0) is 6.42 Å². The zero-order chi connectivity index (χ0) is 34.1. The van der Waals surface area contributed by atoms with Gasteiger partial charge in [-0.15, -0.1) is 0 Å². The van der Waals surface area contributed by atoms with Crippen LogP contribution in [0.3, 0.4) is 0 Å². The molecule has 1 spiro atoms. The van der Waals surface area contributed by atoms with Crippen LogP contribution in [0.4, 0.5) is 0 Å². The lowest BCUT2D eigenvalue weighted by Crippen LogP contribution is -2.65. The first-order chi connectivity index (χ1) is 22.9. The number of carbonyl (C=O) groups excluding carboxylic acids is 1. The highest BCUT2D eigenvalue weighted by Gasteiger charge is 2.63. The van der Waals surface area contributed by atoms with Crippen LogP contribution in [0.25, 0.3) is 0 Å². The van der Waals surface area contributed by atoms with Gasteiger partial charge < -0.3 is 10.1 Å². The molecule has 1 aromatic carbocycles. The van der Waals surface area contributed by atoms with Gasteiger partial charge in [0.05, 0.1) is 21.8 Å². The number of hydrogen-bond acceptors (Lipinski definition) is 5. The number of aryl methyl sites for hydroxylation is 1. The van der Waals surface area contributed by atoms with Crippen molar-refractivity contribution in [3.63, 3.8) is 0 Å². The summed E-state index contributed by atoms with van der Waals surface area (Å²) in [6, 6.07) is 10.9. The van der Waals surface area contributed by atoms with E-state index >= 15 is 0 Å². The lowest BCUT2D eigenvalue weighted by atomic mass is 9.46. The highest BCUT2D eigenvalue weighted by atomic mass is 35.5. The molecule has 1 saturated heterocycles. The minimum Gasteiger partial charge on any atom is -0.489 e. The molecule has 3 aliphatic carbocycles. The Bertz CT molecular complexity index is 1750. The summed E-state index contributed by atoms with van der Waals surface area (Å²) >= 11 is 6.24. The quantitative estimate of drug-likeness (QED) is 0.150. The number of allylic oxidation sites excluding steroid dienone is 2. The van der Waals surface area contributed by atoms with Crippen LogP contribution in [0.5, 0.6) is 5.75 Å². The first-order valence-electron chi connectivity index (χ1n) is 17.8. The fraction of sp³-hybridized carbons (Fsp3) is 0.548. The summed E-state index contributed by atoms with van der Waals surface area (Å²) < 4.78 is 6.37. The van der Waals surface area contributed by atoms with Crippen molar-refractivity contribution in [2.24, 2.45) is 34.0 Å². The third-order valence-corrected chi connectivity index (χ3v) is 11.9. The average molecular weight is 662 g/mol. The first kappa shape index (κ1) is 34.3. The fourth-order valence-electron chi connectivity index (χ4n) is 9.17. The number of nitrogens with one attached hydrogen (secondary N) is 1. The van der Waals surface area contributed by atoms with Crippen molar-refractivity contribution in [2.75, 3.05) is 13.1 Å². The van der Waals surface area contributed by atoms with Crippen LogP contribution in [0.15, 0.2) is 42.0 Å². The first-order valence-corrected chi connectivity index (χ1v) is 18.2. The number of benzene rings is 1. The molecule has 1 unspecified atom stereocenters. The van der Waals surface area contributed by atoms with Gasteiger partial charge in [-0.25, -0.2) is 4.98 Å². The normalized spacial score (nSPS) is 29.2. The Morgan fingerprint density at radius 3 is 2.52 bits per heavy atom. The molecule has 1 atom stereocenters. The molecule has 1 aliphatic heterocycles. The minimum atomic E-state index is -0.301. The topological polar surface area (TPSA) is 75.0 Å². The van der Waals surface area contributed by atoms with E-state index in [1.807, 2.05) is 19.1 Å². The van der Waals surface area contributed by atoms with Gasteiger partial charge in [0.1, 0.15) is 23.6 Å². The van der Waals surface area contributed by atoms with Gasteiger partial charge in [0.2, 0.25) is 5.78 Å². The molecule has 2 heterocycles. The minimum absolute atomic E-state index is 0.0540. The van der Waals surface area contributed by atoms with Gasteiger partial charge in [-0.1, -0.05) is 69.7 Å². The van der Waals surface area contributed by atoms with E-state index in [0.717, 1.165) is 24.2 Å². The summed E-state index contributed by atoms with van der Waals surface area (Å²) in [5.74, 6) is 14.6. The molecule has 4 aliphatic rings. The Morgan fingerprint density at radius 1 is 1.08 bits per heavy atom. The molecule has 0 radical (unpaired) electrons. The maximum absolute atomic E-state index is 13.4. The van der Waals surface area contributed by atoms with Crippen molar-refractivity contribution < 1.29 is 9.53 Å². The number of Topliss-reactive ketones (excluding diaryl/α,β-unsaturated/α-hetero) is 1. The third-order valence-electron chi connectivity index (χ3n) is 11.6. The molecule has 4 fully saturated rings. The van der Waals surface area contributed by atoms with E-state index in [9.17, 15) is 10.1 Å². The van der Waals surface area contributed by atoms with Gasteiger partial charge in [0.25, 0.3) is 0 Å². The maximum atomic E-state index is 13.4. The van der Waals surface area contributed by atoms with Crippen molar-refractivity contribution in [1.29, 1.82) is 5.26 Å². The van der Waals surface area contributed by atoms with Crippen LogP contribution in [0, 0.1) is 69.0 Å². The Balaban J connectivity index is 1.06. The van der Waals surface area contributed by atoms with Crippen molar-refractivity contribution in [1.82, 2.24) is 10.3 Å². The van der Waals surface area contributed by atoms with E-state index < -0.39 is 0 Å². The molecule has 1 N–H and O–H groups in total. The zero-order valence-corrected chi connectivity index (χ0v) is 29.9. The Morgan fingerprint density at radius 2 is 1.85 bits per heavy atom. The number of carbonyl (C=O) groups is 1. The molecular formula is C42H48ClN3O2. The van der Waals surface area contributed by atoms with E-state index in [1.165, 1.54) is 51.6 Å². The smallest absolute Gasteiger partial charge is 0.237 e. The number of ether oxygens (including phenoxy) is 1. The maximum Gasteiger partial charge on any atom is 0.237 e. The second-order valence-corrected chi connectivity index (χ2v) is 16.2. The number of halogens is 1. The summed E-state index contributed by atoms with van der Waals surface area (Å²) in [6.45, 7) is 12.9. The predicted octanol–water partition coefficient (Wildman–Crippen LogP) is 8.73. The van der Waals surface area contributed by atoms with Gasteiger partial charge >= 0.3 is 0 Å². The molecule has 0 bridgehead atoms. The number of nitriles is 1. The summed E-state index contributed by atoms with van der Waals surface area (Å²) in [5.41, 5.74) is 4.10. The van der Waals surface area contributed by atoms with Crippen molar-refractivity contribution in [3.05, 3.63) is 69.5 Å². The number of aromatic nitrogens is 1. The Hall–Kier alpha value is -3.56. The third kappa shape index (κ3) is 6.95. The molecule has 1 aromatic heterocycles. The standard InChI is InChI=1S/C42H48ClN3O2/c1-6-36-34(37(47)17-18-38-40(2,3)39(41(38,4)5)48-33-15-12-31(26-44)35(43)24-33)16-14-32(46-36)13-11-28-7-9-29(10-8-28)23-30-19-20-42(25-30)21-22-45-27-42/h12,14-16,23-24,28-29,38-39,45H,6-10,19-22,25,27H2,1-5H3/b30-23+. The summed E-state index contributed by atoms with van der Waals surface area (Å²) in [4.78, 5) is 18.2. The second kappa shape index (κ2) is 13.7. The number of hydrogen-bond donors (Lipinski definition) is 1. The van der Waals surface area contributed by atoms with Crippen molar-refractivity contribution in [3.8, 4) is 35.5 Å². The van der Waals surface area contributed by atoms with Crippen molar-refractivity contribution >= 4 is 17.4 Å². The predicted molar refractivity (Wildman–Crippen MR) is 192 cm³/mol. The highest BCUT2D eigenvalue weighted by Crippen LogP contribution is 2.60. The van der Waals surface area contributed by atoms with Gasteiger partial charge in [-0.05, 0) is 112 Å². The SMILES string of the molecule is CCc1nc(C#CC2CCC(/C=C3\CCC4(CCNC4)C3)CC2)ccc1C(=O)C#CC1C(C)(C)C(Oc2ccc(C#N)c(Cl)c2)C1(C)C. The van der Waals surface area contributed by atoms with Crippen LogP contribution in [0.2, 0.25) is 5.02 Å². The Labute approximate surface area is 292 Å². The number of rotatable bonds is 5. The van der Waals surface area contributed by atoms with Crippen LogP contribution >= 0.6 is 11.6 Å². The highest BCUT2D eigenvalue weighted by molar-refractivity contribution is 6.31. The molecule has 2 aromatic rings. The molecule has 6 rings (SSSR count). The van der Waals surface area contributed by atoms with E-state index in [1.54, 1.807) is 23.8 Å². The molecule has 48 heavy (non-hydrogen) atoms. The average Bonchev–Trinajstić information content (AvgIpc) is 3.70.